The molecule has 1 N–H and O–H groups in total. The normalized spacial score (nSPS) is 16.7. The van der Waals surface area contributed by atoms with E-state index >= 15 is 0 Å². The van der Waals surface area contributed by atoms with Crippen LogP contribution < -0.4 is 15.7 Å². The van der Waals surface area contributed by atoms with Crippen LogP contribution in [-0.2, 0) is 25.7 Å². The molecule has 1 atom stereocenters. The maximum atomic E-state index is 13.1. The Kier molecular flexibility index (Phi) is 6.73. The van der Waals surface area contributed by atoms with Crippen molar-refractivity contribution in [3.63, 3.8) is 0 Å². The second kappa shape index (κ2) is 9.13. The number of benzene rings is 1. The monoisotopic (exact) mass is 441 g/mol. The van der Waals surface area contributed by atoms with E-state index in [2.05, 4.69) is 10.4 Å². The molecule has 0 saturated carbocycles. The molecule has 1 amide bonds. The fourth-order valence-electron chi connectivity index (χ4n) is 3.49. The Bertz CT molecular complexity index is 997. The molecular weight excluding hydrogens is 415 g/mol. The van der Waals surface area contributed by atoms with Gasteiger partial charge in [-0.05, 0) is 45.1 Å². The molecule has 2 aromatic rings. The van der Waals surface area contributed by atoms with E-state index in [4.69, 9.17) is 4.74 Å². The van der Waals surface area contributed by atoms with Crippen molar-refractivity contribution < 1.29 is 22.7 Å². The van der Waals surface area contributed by atoms with Crippen molar-refractivity contribution in [3.8, 4) is 5.75 Å². The highest BCUT2D eigenvalue weighted by atomic mass is 19.4. The number of alkyl halides is 3. The van der Waals surface area contributed by atoms with Crippen molar-refractivity contribution in [2.75, 3.05) is 27.7 Å². The van der Waals surface area contributed by atoms with Gasteiger partial charge in [0.25, 0.3) is 5.91 Å². The largest absolute Gasteiger partial charge is 0.497 e. The Labute approximate surface area is 177 Å². The van der Waals surface area contributed by atoms with Crippen LogP contribution in [0.5, 0.6) is 5.75 Å². The summed E-state index contributed by atoms with van der Waals surface area (Å²) >= 11 is 0. The third-order valence-electron chi connectivity index (χ3n) is 5.24. The standard InChI is InChI=1S/C20H26F3N5O3/c1-26(2)8-9-28-19(30)27-7-6-15(4-5-17(27)25-28)24-18(29)13-10-14(20(21,22)23)12-16(11-13)31-3/h10-12,15H,4-9H2,1-3H3,(H,24,29). The van der Waals surface area contributed by atoms with Gasteiger partial charge in [0.1, 0.15) is 11.6 Å². The summed E-state index contributed by atoms with van der Waals surface area (Å²) in [4.78, 5) is 27.2. The van der Waals surface area contributed by atoms with Crippen LogP contribution in [0, 0.1) is 0 Å². The van der Waals surface area contributed by atoms with Gasteiger partial charge in [-0.3, -0.25) is 9.36 Å². The number of fused-ring (bicyclic) bond motifs is 1. The molecule has 0 spiro atoms. The average molecular weight is 441 g/mol. The van der Waals surface area contributed by atoms with Crippen LogP contribution in [0.15, 0.2) is 23.0 Å². The zero-order valence-electron chi connectivity index (χ0n) is 17.7. The third kappa shape index (κ3) is 5.46. The first-order valence-corrected chi connectivity index (χ1v) is 9.97. The van der Waals surface area contributed by atoms with Gasteiger partial charge in [-0.25, -0.2) is 9.48 Å². The second-order valence-electron chi connectivity index (χ2n) is 7.82. The van der Waals surface area contributed by atoms with E-state index in [1.54, 1.807) is 4.57 Å². The highest BCUT2D eigenvalue weighted by molar-refractivity contribution is 5.95. The van der Waals surface area contributed by atoms with Gasteiger partial charge in [-0.15, -0.1) is 0 Å². The van der Waals surface area contributed by atoms with E-state index < -0.39 is 17.6 Å². The van der Waals surface area contributed by atoms with Crippen LogP contribution in [0.25, 0.3) is 0 Å². The number of hydrogen-bond donors (Lipinski definition) is 1. The summed E-state index contributed by atoms with van der Waals surface area (Å²) in [6, 6.07) is 2.64. The minimum absolute atomic E-state index is 0.0424. The predicted octanol–water partition coefficient (Wildman–Crippen LogP) is 1.77. The van der Waals surface area contributed by atoms with Gasteiger partial charge < -0.3 is 15.0 Å². The van der Waals surface area contributed by atoms with Gasteiger partial charge in [-0.2, -0.15) is 18.3 Å². The van der Waals surface area contributed by atoms with Gasteiger partial charge in [0.05, 0.1) is 19.2 Å². The summed E-state index contributed by atoms with van der Waals surface area (Å²) in [5.41, 5.74) is -1.26. The molecule has 0 fully saturated rings. The van der Waals surface area contributed by atoms with E-state index in [9.17, 15) is 22.8 Å². The van der Waals surface area contributed by atoms with Gasteiger partial charge >= 0.3 is 11.9 Å². The molecule has 8 nitrogen and oxygen atoms in total. The van der Waals surface area contributed by atoms with Crippen molar-refractivity contribution in [1.29, 1.82) is 0 Å². The lowest BCUT2D eigenvalue weighted by Gasteiger charge is -2.17. The van der Waals surface area contributed by atoms with Crippen molar-refractivity contribution in [2.24, 2.45) is 0 Å². The summed E-state index contributed by atoms with van der Waals surface area (Å²) in [5.74, 6) is -0.00201. The molecule has 0 bridgehead atoms. The Balaban J connectivity index is 1.69. The first-order valence-electron chi connectivity index (χ1n) is 9.97. The fourth-order valence-corrected chi connectivity index (χ4v) is 3.49. The van der Waals surface area contributed by atoms with E-state index in [1.165, 1.54) is 17.9 Å². The molecular formula is C20H26F3N5O3. The number of halogens is 3. The molecule has 0 saturated heterocycles. The van der Waals surface area contributed by atoms with Crippen LogP contribution in [-0.4, -0.2) is 58.9 Å². The molecule has 1 aliphatic rings. The molecule has 1 unspecified atom stereocenters. The second-order valence-corrected chi connectivity index (χ2v) is 7.82. The average Bonchev–Trinajstić information content (AvgIpc) is 2.87. The Morgan fingerprint density at radius 3 is 2.68 bits per heavy atom. The molecule has 31 heavy (non-hydrogen) atoms. The smallest absolute Gasteiger partial charge is 0.416 e. The molecule has 0 aliphatic carbocycles. The van der Waals surface area contributed by atoms with Gasteiger partial charge in [0.2, 0.25) is 0 Å². The topological polar surface area (TPSA) is 81.4 Å². The number of nitrogens with one attached hydrogen (secondary N) is 1. The Morgan fingerprint density at radius 2 is 2.03 bits per heavy atom. The molecule has 1 aliphatic heterocycles. The van der Waals surface area contributed by atoms with Crippen molar-refractivity contribution in [2.45, 2.75) is 44.6 Å². The quantitative estimate of drug-likeness (QED) is 0.739. The van der Waals surface area contributed by atoms with Crippen LogP contribution in [0.1, 0.15) is 34.6 Å². The summed E-state index contributed by atoms with van der Waals surface area (Å²) in [5, 5.41) is 7.19. The van der Waals surface area contributed by atoms with Gasteiger partial charge in [0.15, 0.2) is 0 Å². The Hall–Kier alpha value is -2.82. The third-order valence-corrected chi connectivity index (χ3v) is 5.24. The number of nitrogens with zero attached hydrogens (tertiary/aromatic N) is 4. The van der Waals surface area contributed by atoms with Crippen LogP contribution >= 0.6 is 0 Å². The number of ether oxygens (including phenoxy) is 1. The SMILES string of the molecule is COc1cc(C(=O)NC2CCc3nn(CCN(C)C)c(=O)n3CC2)cc(C(F)(F)F)c1. The number of rotatable bonds is 6. The minimum atomic E-state index is -4.59. The number of aromatic nitrogens is 3. The van der Waals surface area contributed by atoms with Gasteiger partial charge in [0, 0.05) is 31.1 Å². The number of aryl methyl sites for hydroxylation is 1. The summed E-state index contributed by atoms with van der Waals surface area (Å²) in [6.45, 7) is 1.56. The predicted molar refractivity (Wildman–Crippen MR) is 107 cm³/mol. The van der Waals surface area contributed by atoms with E-state index in [0.717, 1.165) is 12.1 Å². The number of carbonyl (C=O) groups is 1. The van der Waals surface area contributed by atoms with Gasteiger partial charge in [-0.1, -0.05) is 0 Å². The highest BCUT2D eigenvalue weighted by Gasteiger charge is 2.32. The van der Waals surface area contributed by atoms with Crippen LogP contribution in [0.3, 0.4) is 0 Å². The van der Waals surface area contributed by atoms with Crippen LogP contribution in [0.4, 0.5) is 13.2 Å². The number of likely N-dealkylation sites (N-methyl/N-ethyl adjacent to an activating group) is 1. The van der Waals surface area contributed by atoms with E-state index in [0.29, 0.717) is 44.7 Å². The maximum absolute atomic E-state index is 13.1. The highest BCUT2D eigenvalue weighted by Crippen LogP contribution is 2.32. The number of methoxy groups -OCH3 is 1. The van der Waals surface area contributed by atoms with E-state index in [-0.39, 0.29) is 23.0 Å². The Morgan fingerprint density at radius 1 is 1.29 bits per heavy atom. The zero-order valence-corrected chi connectivity index (χ0v) is 17.7. The molecule has 3 rings (SSSR count). The molecule has 11 heteroatoms. The minimum Gasteiger partial charge on any atom is -0.497 e. The molecule has 170 valence electrons. The lowest BCUT2D eigenvalue weighted by atomic mass is 10.1. The fraction of sp³-hybridized carbons (Fsp3) is 0.550. The molecule has 0 radical (unpaired) electrons. The first-order chi connectivity index (χ1) is 14.6. The number of carbonyl (C=O) groups excluding carboxylic acids is 1. The van der Waals surface area contributed by atoms with Crippen LogP contribution in [0.2, 0.25) is 0 Å². The number of hydrogen-bond acceptors (Lipinski definition) is 5. The molecule has 2 heterocycles. The summed E-state index contributed by atoms with van der Waals surface area (Å²) in [6.07, 6.45) is -3.09. The van der Waals surface area contributed by atoms with E-state index in [1.807, 2.05) is 19.0 Å². The van der Waals surface area contributed by atoms with Crippen molar-refractivity contribution in [3.05, 3.63) is 45.6 Å². The molecule has 1 aromatic heterocycles. The van der Waals surface area contributed by atoms with Crippen molar-refractivity contribution >= 4 is 5.91 Å². The summed E-state index contributed by atoms with van der Waals surface area (Å²) < 4.78 is 47.3. The first kappa shape index (κ1) is 22.9. The lowest BCUT2D eigenvalue weighted by Crippen LogP contribution is -2.36. The molecule has 1 aromatic carbocycles. The zero-order chi connectivity index (χ0) is 22.8. The number of amides is 1. The maximum Gasteiger partial charge on any atom is 0.416 e. The lowest BCUT2D eigenvalue weighted by molar-refractivity contribution is -0.137. The summed E-state index contributed by atoms with van der Waals surface area (Å²) in [7, 11) is 5.08. The van der Waals surface area contributed by atoms with Crippen molar-refractivity contribution in [1.82, 2.24) is 24.6 Å².